The average molecular weight is 526 g/mol. The summed E-state index contributed by atoms with van der Waals surface area (Å²) in [5.74, 6) is 0. The monoisotopic (exact) mass is 525 g/mol. The van der Waals surface area contributed by atoms with Crippen LogP contribution in [0.25, 0.3) is 0 Å². The predicted molar refractivity (Wildman–Crippen MR) is 148 cm³/mol. The van der Waals surface area contributed by atoms with Gasteiger partial charge in [-0.25, -0.2) is 0 Å². The highest BCUT2D eigenvalue weighted by molar-refractivity contribution is 7.16. The number of anilines is 1. The Labute approximate surface area is 225 Å². The van der Waals surface area contributed by atoms with E-state index in [0.29, 0.717) is 46.5 Å². The summed E-state index contributed by atoms with van der Waals surface area (Å²) < 4.78 is 17.5. The molecule has 1 heterocycles. The first-order chi connectivity index (χ1) is 17.8. The van der Waals surface area contributed by atoms with E-state index in [2.05, 4.69) is 61.0 Å². The second-order valence-corrected chi connectivity index (χ2v) is 10.0. The number of rotatable bonds is 16. The zero-order valence-corrected chi connectivity index (χ0v) is 23.7. The normalized spacial score (nSPS) is 12.9. The van der Waals surface area contributed by atoms with Gasteiger partial charge in [0.1, 0.15) is 17.0 Å². The third-order valence-corrected chi connectivity index (χ3v) is 6.76. The van der Waals surface area contributed by atoms with Crippen LogP contribution >= 0.6 is 11.3 Å². The molecule has 0 radical (unpaired) electrons. The molecule has 1 aromatic heterocycles. The van der Waals surface area contributed by atoms with Crippen molar-refractivity contribution >= 4 is 27.7 Å². The summed E-state index contributed by atoms with van der Waals surface area (Å²) in [6.07, 6.45) is 2.07. The van der Waals surface area contributed by atoms with Crippen LogP contribution < -0.4 is 4.90 Å². The highest BCUT2D eigenvalue weighted by Gasteiger charge is 2.17. The Morgan fingerprint density at radius 2 is 1.59 bits per heavy atom. The van der Waals surface area contributed by atoms with Gasteiger partial charge in [0.15, 0.2) is 5.00 Å². The zero-order valence-electron chi connectivity index (χ0n) is 22.9. The molecule has 2 aromatic rings. The van der Waals surface area contributed by atoms with Gasteiger partial charge in [-0.3, -0.25) is 0 Å². The maximum Gasteiger partial charge on any atom is 0.158 e. The molecule has 0 bridgehead atoms. The molecule has 0 aliphatic rings. The quantitative estimate of drug-likeness (QED) is 0.173. The van der Waals surface area contributed by atoms with Crippen LogP contribution in [0.15, 0.2) is 28.4 Å². The first-order valence-corrected chi connectivity index (χ1v) is 13.7. The maximum atomic E-state index is 9.46. The van der Waals surface area contributed by atoms with Crippen LogP contribution in [0.1, 0.15) is 62.1 Å². The second kappa shape index (κ2) is 16.1. The Morgan fingerprint density at radius 1 is 0.919 bits per heavy atom. The minimum Gasteiger partial charge on any atom is -0.379 e. The number of azo groups is 1. The number of hydrogen-bond donors (Lipinski definition) is 0. The smallest absolute Gasteiger partial charge is 0.158 e. The van der Waals surface area contributed by atoms with Crippen molar-refractivity contribution in [2.45, 2.75) is 66.6 Å². The molecular formula is C28H39N5O3S. The van der Waals surface area contributed by atoms with Crippen molar-refractivity contribution in [3.63, 3.8) is 0 Å². The average Bonchev–Trinajstić information content (AvgIpc) is 3.20. The summed E-state index contributed by atoms with van der Waals surface area (Å²) in [5, 5.41) is 27.9. The van der Waals surface area contributed by atoms with E-state index in [9.17, 15) is 10.5 Å². The van der Waals surface area contributed by atoms with Crippen molar-refractivity contribution in [1.82, 2.24) is 0 Å². The molecule has 9 heteroatoms. The highest BCUT2D eigenvalue weighted by atomic mass is 32.1. The molecule has 0 saturated carbocycles. The van der Waals surface area contributed by atoms with Crippen molar-refractivity contribution in [2.24, 2.45) is 10.2 Å². The molecule has 0 aliphatic carbocycles. The molecule has 0 N–H and O–H groups in total. The molecule has 2 rings (SSSR count). The van der Waals surface area contributed by atoms with Gasteiger partial charge in [0.05, 0.1) is 36.7 Å². The van der Waals surface area contributed by atoms with Gasteiger partial charge < -0.3 is 19.1 Å². The third-order valence-electron chi connectivity index (χ3n) is 5.68. The van der Waals surface area contributed by atoms with Crippen molar-refractivity contribution in [3.05, 3.63) is 39.8 Å². The van der Waals surface area contributed by atoms with Crippen LogP contribution in [0, 0.1) is 36.5 Å². The summed E-state index contributed by atoms with van der Waals surface area (Å²) in [6, 6.07) is 10.3. The number of nitriles is 2. The third kappa shape index (κ3) is 9.53. The number of ether oxygens (including phenoxy) is 3. The lowest BCUT2D eigenvalue weighted by atomic mass is 10.1. The summed E-state index contributed by atoms with van der Waals surface area (Å²) in [4.78, 5) is 2.77. The summed E-state index contributed by atoms with van der Waals surface area (Å²) in [5.41, 5.74) is 3.78. The Morgan fingerprint density at radius 3 is 2.19 bits per heavy atom. The predicted octanol–water partition coefficient (Wildman–Crippen LogP) is 6.98. The SMILES string of the molecule is CCCOCCOC(C)CN(CC(C)OCCC)c1ccc(N=Nc2sc(C#N)c(C)c2C#N)c(C)c1. The Hall–Kier alpha value is -2.82. The van der Waals surface area contributed by atoms with Gasteiger partial charge in [-0.1, -0.05) is 13.8 Å². The van der Waals surface area contributed by atoms with Crippen LogP contribution in [-0.4, -0.2) is 51.7 Å². The van der Waals surface area contributed by atoms with E-state index in [1.165, 1.54) is 11.3 Å². The molecular weight excluding hydrogens is 486 g/mol. The van der Waals surface area contributed by atoms with Crippen molar-refractivity contribution in [2.75, 3.05) is 44.4 Å². The van der Waals surface area contributed by atoms with Crippen LogP contribution in [-0.2, 0) is 14.2 Å². The molecule has 0 amide bonds. The largest absolute Gasteiger partial charge is 0.379 e. The van der Waals surface area contributed by atoms with Crippen LogP contribution in [0.3, 0.4) is 0 Å². The van der Waals surface area contributed by atoms with Crippen LogP contribution in [0.2, 0.25) is 0 Å². The molecule has 0 aliphatic heterocycles. The van der Waals surface area contributed by atoms with E-state index >= 15 is 0 Å². The van der Waals surface area contributed by atoms with Gasteiger partial charge in [-0.15, -0.1) is 21.6 Å². The van der Waals surface area contributed by atoms with Crippen LogP contribution in [0.4, 0.5) is 16.4 Å². The number of benzene rings is 1. The van der Waals surface area contributed by atoms with Gasteiger partial charge in [0.2, 0.25) is 0 Å². The lowest BCUT2D eigenvalue weighted by molar-refractivity contribution is 0.0137. The Balaban J connectivity index is 2.18. The molecule has 37 heavy (non-hydrogen) atoms. The van der Waals surface area contributed by atoms with E-state index < -0.39 is 0 Å². The van der Waals surface area contributed by atoms with E-state index in [4.69, 9.17) is 14.2 Å². The Kier molecular flexibility index (Phi) is 13.2. The highest BCUT2D eigenvalue weighted by Crippen LogP contribution is 2.36. The van der Waals surface area contributed by atoms with Gasteiger partial charge in [-0.05, 0) is 69.9 Å². The molecule has 2 atom stereocenters. The fourth-order valence-electron chi connectivity index (χ4n) is 3.74. The molecule has 0 saturated heterocycles. The minimum absolute atomic E-state index is 0.0177. The van der Waals surface area contributed by atoms with Crippen molar-refractivity contribution in [3.8, 4) is 12.1 Å². The molecule has 2 unspecified atom stereocenters. The minimum atomic E-state index is 0.0177. The summed E-state index contributed by atoms with van der Waals surface area (Å²) in [6.45, 7) is 16.2. The van der Waals surface area contributed by atoms with Gasteiger partial charge >= 0.3 is 0 Å². The molecule has 200 valence electrons. The zero-order chi connectivity index (χ0) is 27.2. The standard InChI is InChI=1S/C28H39N5O3S/c1-7-11-34-13-14-36-22(5)19-33(18-21(4)35-12-8-2)24-9-10-26(20(3)15-24)31-32-28-25(16-29)23(6)27(17-30)37-28/h9-10,15,21-22H,7-8,11-14,18-19H2,1-6H3. The topological polar surface area (TPSA) is 103 Å². The summed E-state index contributed by atoms with van der Waals surface area (Å²) in [7, 11) is 0. The van der Waals surface area contributed by atoms with E-state index in [-0.39, 0.29) is 12.2 Å². The summed E-state index contributed by atoms with van der Waals surface area (Å²) >= 11 is 1.19. The first-order valence-electron chi connectivity index (χ1n) is 12.9. The van der Waals surface area contributed by atoms with Crippen molar-refractivity contribution in [1.29, 1.82) is 10.5 Å². The Bertz CT molecular complexity index is 1100. The van der Waals surface area contributed by atoms with Gasteiger partial charge in [0.25, 0.3) is 0 Å². The number of aryl methyl sites for hydroxylation is 1. The molecule has 1 aromatic carbocycles. The van der Waals surface area contributed by atoms with E-state index in [1.54, 1.807) is 6.92 Å². The molecule has 0 fully saturated rings. The number of hydrogen-bond acceptors (Lipinski definition) is 9. The van der Waals surface area contributed by atoms with E-state index in [0.717, 1.165) is 43.9 Å². The lowest BCUT2D eigenvalue weighted by Crippen LogP contribution is -2.38. The maximum absolute atomic E-state index is 9.46. The van der Waals surface area contributed by atoms with Crippen LogP contribution in [0.5, 0.6) is 0 Å². The first kappa shape index (κ1) is 30.4. The lowest BCUT2D eigenvalue weighted by Gasteiger charge is -2.31. The molecule has 8 nitrogen and oxygen atoms in total. The molecule has 0 spiro atoms. The number of thiophene rings is 1. The van der Waals surface area contributed by atoms with E-state index in [1.807, 2.05) is 19.1 Å². The van der Waals surface area contributed by atoms with Gasteiger partial charge in [-0.2, -0.15) is 10.5 Å². The van der Waals surface area contributed by atoms with Gasteiger partial charge in [0, 0.05) is 32.0 Å². The second-order valence-electron chi connectivity index (χ2n) is 9.01. The number of nitrogens with zero attached hydrogens (tertiary/aromatic N) is 5. The fourth-order valence-corrected chi connectivity index (χ4v) is 4.62. The fraction of sp³-hybridized carbons (Fsp3) is 0.571. The van der Waals surface area contributed by atoms with Crippen molar-refractivity contribution < 1.29 is 14.2 Å².